The van der Waals surface area contributed by atoms with Crippen molar-refractivity contribution >= 4 is 21.7 Å². The number of allylic oxidation sites excluding steroid dienone is 1. The molecule has 86 valence electrons. The van der Waals surface area contributed by atoms with Crippen molar-refractivity contribution < 1.29 is 4.79 Å². The highest BCUT2D eigenvalue weighted by atomic mass is 79.9. The number of alkyl halides is 1. The number of benzene rings is 1. The lowest BCUT2D eigenvalue weighted by molar-refractivity contribution is 0.102. The lowest BCUT2D eigenvalue weighted by Gasteiger charge is -2.23. The van der Waals surface area contributed by atoms with Gasteiger partial charge in [0.1, 0.15) is 0 Å². The Labute approximate surface area is 106 Å². The van der Waals surface area contributed by atoms with Gasteiger partial charge in [0.05, 0.1) is 5.33 Å². The van der Waals surface area contributed by atoms with Crippen LogP contribution in [0.5, 0.6) is 0 Å². The predicted octanol–water partition coefficient (Wildman–Crippen LogP) is 4.04. The van der Waals surface area contributed by atoms with Crippen molar-refractivity contribution in [1.82, 2.24) is 0 Å². The Kier molecular flexibility index (Phi) is 4.09. The van der Waals surface area contributed by atoms with Crippen molar-refractivity contribution in [2.24, 2.45) is 0 Å². The molecule has 0 spiro atoms. The van der Waals surface area contributed by atoms with Gasteiger partial charge in [0, 0.05) is 11.0 Å². The minimum absolute atomic E-state index is 0.104. The van der Waals surface area contributed by atoms with Crippen LogP contribution < -0.4 is 0 Å². The molecular formula is C14H17BrO. The minimum Gasteiger partial charge on any atom is -0.293 e. The molecular weight excluding hydrogens is 264 g/mol. The monoisotopic (exact) mass is 280 g/mol. The Balaban J connectivity index is 3.29. The fourth-order valence-corrected chi connectivity index (χ4v) is 2.00. The first-order chi connectivity index (χ1) is 7.42. The number of halogens is 1. The summed E-state index contributed by atoms with van der Waals surface area (Å²) in [6.07, 6.45) is 1.91. The van der Waals surface area contributed by atoms with Crippen LogP contribution in [0.4, 0.5) is 0 Å². The van der Waals surface area contributed by atoms with Gasteiger partial charge in [0.2, 0.25) is 0 Å². The van der Waals surface area contributed by atoms with E-state index in [9.17, 15) is 4.79 Å². The van der Waals surface area contributed by atoms with Gasteiger partial charge >= 0.3 is 0 Å². The van der Waals surface area contributed by atoms with Crippen molar-refractivity contribution in [1.29, 1.82) is 0 Å². The van der Waals surface area contributed by atoms with Crippen LogP contribution in [-0.4, -0.2) is 11.1 Å². The Morgan fingerprint density at radius 1 is 1.50 bits per heavy atom. The average Bonchev–Trinajstić information content (AvgIpc) is 2.28. The summed E-state index contributed by atoms with van der Waals surface area (Å²) in [6.45, 7) is 10.1. The summed E-state index contributed by atoms with van der Waals surface area (Å²) >= 11 is 3.19. The molecule has 0 heterocycles. The van der Waals surface area contributed by atoms with Gasteiger partial charge in [0.15, 0.2) is 5.78 Å². The second kappa shape index (κ2) is 4.96. The smallest absolute Gasteiger partial charge is 0.173 e. The third-order valence-corrected chi connectivity index (χ3v) is 3.39. The number of carbonyl (C=O) groups excluding carboxylic acids is 1. The van der Waals surface area contributed by atoms with Gasteiger partial charge in [0.25, 0.3) is 0 Å². The molecule has 0 radical (unpaired) electrons. The molecule has 0 amide bonds. The van der Waals surface area contributed by atoms with Gasteiger partial charge in [-0.15, -0.1) is 6.58 Å². The maximum Gasteiger partial charge on any atom is 0.173 e. The zero-order valence-corrected chi connectivity index (χ0v) is 11.6. The molecule has 0 aliphatic carbocycles. The average molecular weight is 281 g/mol. The van der Waals surface area contributed by atoms with E-state index in [1.165, 1.54) is 5.56 Å². The predicted molar refractivity (Wildman–Crippen MR) is 72.5 cm³/mol. The van der Waals surface area contributed by atoms with Crippen molar-refractivity contribution in [2.45, 2.75) is 26.2 Å². The quantitative estimate of drug-likeness (QED) is 0.462. The zero-order valence-electron chi connectivity index (χ0n) is 10.0. The van der Waals surface area contributed by atoms with Crippen LogP contribution in [0.1, 0.15) is 35.3 Å². The summed E-state index contributed by atoms with van der Waals surface area (Å²) in [5.74, 6) is 0.112. The molecule has 16 heavy (non-hydrogen) atoms. The van der Waals surface area contributed by atoms with E-state index in [1.807, 2.05) is 24.3 Å². The van der Waals surface area contributed by atoms with E-state index >= 15 is 0 Å². The summed E-state index contributed by atoms with van der Waals surface area (Å²) in [5.41, 5.74) is 3.00. The Morgan fingerprint density at radius 3 is 2.62 bits per heavy atom. The molecule has 0 saturated heterocycles. The van der Waals surface area contributed by atoms with Crippen molar-refractivity contribution in [2.75, 3.05) is 5.33 Å². The highest BCUT2D eigenvalue weighted by Crippen LogP contribution is 2.28. The number of aryl methyl sites for hydroxylation is 1. The third-order valence-electron chi connectivity index (χ3n) is 2.89. The van der Waals surface area contributed by atoms with Crippen LogP contribution in [0, 0.1) is 6.92 Å². The van der Waals surface area contributed by atoms with Crippen molar-refractivity contribution in [3.8, 4) is 0 Å². The van der Waals surface area contributed by atoms with Crippen LogP contribution in [0.2, 0.25) is 0 Å². The molecule has 2 heteroatoms. The molecule has 1 aromatic carbocycles. The van der Waals surface area contributed by atoms with Crippen LogP contribution in [0.3, 0.4) is 0 Å². The number of hydrogen-bond donors (Lipinski definition) is 0. The molecule has 0 N–H and O–H groups in total. The number of ketones is 1. The second-order valence-corrected chi connectivity index (χ2v) is 5.07. The highest BCUT2D eigenvalue weighted by Gasteiger charge is 2.19. The summed E-state index contributed by atoms with van der Waals surface area (Å²) in [4.78, 5) is 11.6. The van der Waals surface area contributed by atoms with E-state index in [0.29, 0.717) is 5.33 Å². The van der Waals surface area contributed by atoms with Crippen molar-refractivity contribution in [3.05, 3.63) is 47.5 Å². The summed E-state index contributed by atoms with van der Waals surface area (Å²) in [6, 6.07) is 5.85. The molecule has 1 nitrogen and oxygen atoms in total. The molecule has 1 rings (SSSR count). The molecule has 0 atom stereocenters. The van der Waals surface area contributed by atoms with E-state index in [2.05, 4.69) is 43.3 Å². The Bertz CT molecular complexity index is 419. The molecule has 0 aromatic heterocycles. The van der Waals surface area contributed by atoms with Gasteiger partial charge in [-0.2, -0.15) is 0 Å². The topological polar surface area (TPSA) is 17.1 Å². The number of rotatable bonds is 4. The normalized spacial score (nSPS) is 11.2. The van der Waals surface area contributed by atoms with E-state index in [0.717, 1.165) is 11.1 Å². The summed E-state index contributed by atoms with van der Waals surface area (Å²) in [5, 5.41) is 0.365. The molecule has 0 unspecified atom stereocenters. The van der Waals surface area contributed by atoms with Gasteiger partial charge in [-0.1, -0.05) is 48.0 Å². The van der Waals surface area contributed by atoms with E-state index in [-0.39, 0.29) is 11.2 Å². The molecule has 0 aliphatic rings. The van der Waals surface area contributed by atoms with Crippen molar-refractivity contribution in [3.63, 3.8) is 0 Å². The molecule has 0 saturated carbocycles. The van der Waals surface area contributed by atoms with Gasteiger partial charge in [-0.25, -0.2) is 0 Å². The van der Waals surface area contributed by atoms with Crippen LogP contribution in [0.15, 0.2) is 30.9 Å². The lowest BCUT2D eigenvalue weighted by atomic mass is 9.81. The van der Waals surface area contributed by atoms with E-state index in [1.54, 1.807) is 0 Å². The first-order valence-electron chi connectivity index (χ1n) is 5.26. The third kappa shape index (κ3) is 2.62. The second-order valence-electron chi connectivity index (χ2n) is 4.51. The molecule has 1 aromatic rings. The molecule has 0 bridgehead atoms. The number of hydrogen-bond acceptors (Lipinski definition) is 1. The first kappa shape index (κ1) is 13.2. The minimum atomic E-state index is -0.104. The summed E-state index contributed by atoms with van der Waals surface area (Å²) in [7, 11) is 0. The van der Waals surface area contributed by atoms with Crippen LogP contribution >= 0.6 is 15.9 Å². The fraction of sp³-hybridized carbons (Fsp3) is 0.357. The highest BCUT2D eigenvalue weighted by molar-refractivity contribution is 9.09. The largest absolute Gasteiger partial charge is 0.293 e. The van der Waals surface area contributed by atoms with Gasteiger partial charge < -0.3 is 0 Å². The SMILES string of the molecule is C=CC(C)(C)c1cc(C(=O)CBr)ccc1C. The maximum absolute atomic E-state index is 11.6. The summed E-state index contributed by atoms with van der Waals surface area (Å²) < 4.78 is 0. The fourth-order valence-electron chi connectivity index (χ4n) is 1.68. The van der Waals surface area contributed by atoms with E-state index in [4.69, 9.17) is 0 Å². The van der Waals surface area contributed by atoms with Gasteiger partial charge in [-0.3, -0.25) is 4.79 Å². The Hall–Kier alpha value is -0.890. The number of Topliss-reactive ketones (excluding diaryl/α,β-unsaturated/α-hetero) is 1. The standard InChI is InChI=1S/C14H17BrO/c1-5-14(3,4)12-8-11(13(16)9-15)7-6-10(12)2/h5-8H,1,9H2,2-4H3. The molecule has 0 aliphatic heterocycles. The molecule has 0 fully saturated rings. The number of carbonyl (C=O) groups is 1. The zero-order chi connectivity index (χ0) is 12.3. The first-order valence-corrected chi connectivity index (χ1v) is 6.38. The van der Waals surface area contributed by atoms with E-state index < -0.39 is 0 Å². The van der Waals surface area contributed by atoms with Gasteiger partial charge in [-0.05, 0) is 24.1 Å². The Morgan fingerprint density at radius 2 is 2.12 bits per heavy atom. The van der Waals surface area contributed by atoms with Crippen LogP contribution in [-0.2, 0) is 5.41 Å². The maximum atomic E-state index is 11.6. The lowest BCUT2D eigenvalue weighted by Crippen LogP contribution is -2.16. The van der Waals surface area contributed by atoms with Crippen LogP contribution in [0.25, 0.3) is 0 Å².